The van der Waals surface area contributed by atoms with E-state index >= 15 is 0 Å². The van der Waals surface area contributed by atoms with Crippen LogP contribution in [-0.2, 0) is 12.7 Å². The van der Waals surface area contributed by atoms with Crippen LogP contribution in [0.4, 0.5) is 19.0 Å². The van der Waals surface area contributed by atoms with E-state index in [1.807, 2.05) is 30.3 Å². The predicted molar refractivity (Wildman–Crippen MR) is 138 cm³/mol. The standard InChI is InChI=1S/C23H19Cl3F3N5OS/c1-36-21-17-19(33(8-5-9-35)12-13-6-3-2-4-7-13)30-22(23(27,28)29)31-20(17)34(32-21)18-15(25)10-14(24)11-16(18)26/h2-4,6-7,10-11,35H,5,8-9,12H2,1H3. The molecule has 1 N–H and O–H groups in total. The van der Waals surface area contributed by atoms with Crippen molar-refractivity contribution < 1.29 is 18.3 Å². The van der Waals surface area contributed by atoms with E-state index in [2.05, 4.69) is 15.1 Å². The first-order valence-electron chi connectivity index (χ1n) is 10.6. The molecule has 0 radical (unpaired) electrons. The second-order valence-corrected chi connectivity index (χ2v) is 9.74. The maximum Gasteiger partial charge on any atom is 0.451 e. The van der Waals surface area contributed by atoms with Gasteiger partial charge in [0.1, 0.15) is 16.5 Å². The van der Waals surface area contributed by atoms with Crippen LogP contribution in [-0.4, -0.2) is 44.3 Å². The minimum atomic E-state index is -4.83. The van der Waals surface area contributed by atoms with E-state index in [0.29, 0.717) is 16.8 Å². The zero-order chi connectivity index (χ0) is 26.0. The summed E-state index contributed by atoms with van der Waals surface area (Å²) in [6.07, 6.45) is -2.77. The zero-order valence-corrected chi connectivity index (χ0v) is 21.8. The lowest BCUT2D eigenvalue weighted by molar-refractivity contribution is -0.144. The van der Waals surface area contributed by atoms with E-state index in [-0.39, 0.29) is 51.9 Å². The van der Waals surface area contributed by atoms with Crippen LogP contribution in [0.1, 0.15) is 17.8 Å². The largest absolute Gasteiger partial charge is 0.451 e. The maximum atomic E-state index is 14.0. The molecule has 2 aromatic heterocycles. The third-order valence-electron chi connectivity index (χ3n) is 5.22. The molecule has 190 valence electrons. The van der Waals surface area contributed by atoms with E-state index in [9.17, 15) is 18.3 Å². The second kappa shape index (κ2) is 11.0. The Morgan fingerprint density at radius 2 is 1.72 bits per heavy atom. The average Bonchev–Trinajstić information content (AvgIpc) is 3.19. The highest BCUT2D eigenvalue weighted by atomic mass is 35.5. The lowest BCUT2D eigenvalue weighted by Crippen LogP contribution is -2.27. The fourth-order valence-corrected chi connectivity index (χ4v) is 5.21. The van der Waals surface area contributed by atoms with Gasteiger partial charge in [0.25, 0.3) is 0 Å². The number of hydrogen-bond donors (Lipinski definition) is 1. The molecule has 0 bridgehead atoms. The molecule has 0 unspecified atom stereocenters. The fraction of sp³-hybridized carbons (Fsp3) is 0.261. The minimum Gasteiger partial charge on any atom is -0.396 e. The van der Waals surface area contributed by atoms with Gasteiger partial charge in [-0.25, -0.2) is 14.6 Å². The van der Waals surface area contributed by atoms with Crippen LogP contribution in [0.15, 0.2) is 47.5 Å². The summed E-state index contributed by atoms with van der Waals surface area (Å²) in [5, 5.41) is 15.1. The Kier molecular flexibility index (Phi) is 8.21. The van der Waals surface area contributed by atoms with Crippen LogP contribution in [0.5, 0.6) is 0 Å². The first-order valence-corrected chi connectivity index (χ1v) is 13.0. The summed E-state index contributed by atoms with van der Waals surface area (Å²) >= 11 is 20.0. The molecule has 2 aromatic carbocycles. The quantitative estimate of drug-likeness (QED) is 0.230. The predicted octanol–water partition coefficient (Wildman–Crippen LogP) is 6.91. The number of alkyl halides is 3. The van der Waals surface area contributed by atoms with Gasteiger partial charge in [-0.15, -0.1) is 11.8 Å². The van der Waals surface area contributed by atoms with Gasteiger partial charge in [0.15, 0.2) is 5.65 Å². The third kappa shape index (κ3) is 5.52. The van der Waals surface area contributed by atoms with E-state index in [0.717, 1.165) is 5.56 Å². The highest BCUT2D eigenvalue weighted by Gasteiger charge is 2.38. The zero-order valence-electron chi connectivity index (χ0n) is 18.7. The van der Waals surface area contributed by atoms with Crippen LogP contribution in [0.25, 0.3) is 16.7 Å². The van der Waals surface area contributed by atoms with Gasteiger partial charge in [-0.05, 0) is 30.4 Å². The molecule has 4 rings (SSSR count). The van der Waals surface area contributed by atoms with Crippen molar-refractivity contribution in [2.75, 3.05) is 24.3 Å². The number of benzene rings is 2. The summed E-state index contributed by atoms with van der Waals surface area (Å²) in [6.45, 7) is 0.359. The van der Waals surface area contributed by atoms with Crippen molar-refractivity contribution in [3.05, 3.63) is 68.9 Å². The van der Waals surface area contributed by atoms with E-state index < -0.39 is 12.0 Å². The first-order chi connectivity index (χ1) is 17.1. The van der Waals surface area contributed by atoms with Gasteiger partial charge in [-0.3, -0.25) is 0 Å². The number of aliphatic hydroxyl groups excluding tert-OH is 1. The first kappa shape index (κ1) is 26.8. The summed E-state index contributed by atoms with van der Waals surface area (Å²) in [4.78, 5) is 9.48. The maximum absolute atomic E-state index is 14.0. The summed E-state index contributed by atoms with van der Waals surface area (Å²) in [5.41, 5.74) is 0.901. The molecule has 0 aliphatic rings. The van der Waals surface area contributed by atoms with Crippen molar-refractivity contribution in [3.63, 3.8) is 0 Å². The van der Waals surface area contributed by atoms with Gasteiger partial charge in [-0.1, -0.05) is 65.1 Å². The van der Waals surface area contributed by atoms with E-state index in [4.69, 9.17) is 34.8 Å². The van der Waals surface area contributed by atoms with Crippen molar-refractivity contribution in [2.24, 2.45) is 0 Å². The topological polar surface area (TPSA) is 67.1 Å². The van der Waals surface area contributed by atoms with Gasteiger partial charge in [0.05, 0.1) is 15.4 Å². The molecular formula is C23H19Cl3F3N5OS. The monoisotopic (exact) mass is 575 g/mol. The highest BCUT2D eigenvalue weighted by molar-refractivity contribution is 7.98. The number of aliphatic hydroxyl groups is 1. The number of thioether (sulfide) groups is 1. The Labute approximate surface area is 224 Å². The molecule has 0 aliphatic carbocycles. The van der Waals surface area contributed by atoms with Gasteiger partial charge in [0, 0.05) is 24.7 Å². The number of aromatic nitrogens is 4. The molecule has 0 aliphatic heterocycles. The van der Waals surface area contributed by atoms with Crippen LogP contribution in [0.2, 0.25) is 15.1 Å². The normalized spacial score (nSPS) is 11.9. The Balaban J connectivity index is 2.03. The fourth-order valence-electron chi connectivity index (χ4n) is 3.69. The number of hydrogen-bond acceptors (Lipinski definition) is 6. The third-order valence-corrected chi connectivity index (χ3v) is 6.69. The molecule has 2 heterocycles. The minimum absolute atomic E-state index is 0.0430. The molecule has 0 atom stereocenters. The van der Waals surface area contributed by atoms with Gasteiger partial charge < -0.3 is 10.0 Å². The highest BCUT2D eigenvalue weighted by Crippen LogP contribution is 2.40. The van der Waals surface area contributed by atoms with Crippen molar-refractivity contribution in [1.29, 1.82) is 0 Å². The number of fused-ring (bicyclic) bond motifs is 1. The molecule has 0 saturated carbocycles. The van der Waals surface area contributed by atoms with Gasteiger partial charge in [-0.2, -0.15) is 18.3 Å². The SMILES string of the molecule is CSc1nn(-c2c(Cl)cc(Cl)cc2Cl)c2nc(C(F)(F)F)nc(N(CCCO)Cc3ccccc3)c12. The number of halogens is 6. The lowest BCUT2D eigenvalue weighted by Gasteiger charge is -2.25. The van der Waals surface area contributed by atoms with Crippen LogP contribution < -0.4 is 4.90 Å². The number of anilines is 1. The second-order valence-electron chi connectivity index (χ2n) is 7.69. The van der Waals surface area contributed by atoms with Crippen LogP contribution in [0.3, 0.4) is 0 Å². The molecule has 0 amide bonds. The van der Waals surface area contributed by atoms with Crippen molar-refractivity contribution in [1.82, 2.24) is 19.7 Å². The molecule has 4 aromatic rings. The van der Waals surface area contributed by atoms with Gasteiger partial charge >= 0.3 is 6.18 Å². The van der Waals surface area contributed by atoms with Crippen molar-refractivity contribution >= 4 is 63.4 Å². The smallest absolute Gasteiger partial charge is 0.396 e. The van der Waals surface area contributed by atoms with E-state index in [1.54, 1.807) is 11.2 Å². The number of nitrogens with zero attached hydrogens (tertiary/aromatic N) is 5. The molecule has 0 fully saturated rings. The Hall–Kier alpha value is -2.24. The van der Waals surface area contributed by atoms with Crippen LogP contribution >= 0.6 is 46.6 Å². The summed E-state index contributed by atoms with van der Waals surface area (Å²) in [5.74, 6) is -1.29. The lowest BCUT2D eigenvalue weighted by atomic mass is 10.2. The summed E-state index contributed by atoms with van der Waals surface area (Å²) < 4.78 is 43.1. The average molecular weight is 577 g/mol. The molecule has 36 heavy (non-hydrogen) atoms. The number of rotatable bonds is 8. The van der Waals surface area contributed by atoms with Crippen molar-refractivity contribution in [3.8, 4) is 5.69 Å². The van der Waals surface area contributed by atoms with Crippen molar-refractivity contribution in [2.45, 2.75) is 24.2 Å². The summed E-state index contributed by atoms with van der Waals surface area (Å²) in [7, 11) is 0. The van der Waals surface area contributed by atoms with E-state index in [1.165, 1.54) is 28.6 Å². The molecule has 6 nitrogen and oxygen atoms in total. The summed E-state index contributed by atoms with van der Waals surface area (Å²) in [6, 6.07) is 12.1. The Morgan fingerprint density at radius 3 is 2.31 bits per heavy atom. The molecule has 0 spiro atoms. The molecule has 0 saturated heterocycles. The van der Waals surface area contributed by atoms with Gasteiger partial charge in [0.2, 0.25) is 5.82 Å². The Morgan fingerprint density at radius 1 is 1.06 bits per heavy atom. The molecule has 13 heteroatoms. The van der Waals surface area contributed by atoms with Crippen LogP contribution in [0, 0.1) is 0 Å². The Bertz CT molecular complexity index is 1360. The molecular weight excluding hydrogens is 558 g/mol.